The van der Waals surface area contributed by atoms with Crippen LogP contribution in [0.1, 0.15) is 22.8 Å². The molecule has 0 aliphatic carbocycles. The summed E-state index contributed by atoms with van der Waals surface area (Å²) in [6.07, 6.45) is 2.92. The fourth-order valence-electron chi connectivity index (χ4n) is 1.96. The number of carbonyl (C=O) groups is 2. The van der Waals surface area contributed by atoms with Crippen LogP contribution in [0.5, 0.6) is 11.5 Å². The molecule has 0 amide bonds. The van der Waals surface area contributed by atoms with Crippen molar-refractivity contribution in [3.05, 3.63) is 65.7 Å². The topological polar surface area (TPSA) is 61.8 Å². The van der Waals surface area contributed by atoms with Crippen molar-refractivity contribution in [1.29, 1.82) is 0 Å². The third-order valence-electron chi connectivity index (χ3n) is 3.10. The second-order valence-electron chi connectivity index (χ2n) is 4.75. The average Bonchev–Trinajstić information content (AvgIpc) is 2.61. The number of methoxy groups -OCH3 is 1. The highest BCUT2D eigenvalue weighted by Gasteiger charge is 2.07. The number of carbonyl (C=O) groups excluding carboxylic acids is 2. The lowest BCUT2D eigenvalue weighted by atomic mass is 10.1. The molecule has 0 atom stereocenters. The van der Waals surface area contributed by atoms with Gasteiger partial charge in [-0.25, -0.2) is 9.59 Å². The first kappa shape index (κ1) is 17.3. The molecule has 2 aromatic carbocycles. The van der Waals surface area contributed by atoms with Gasteiger partial charge >= 0.3 is 11.9 Å². The molecular weight excluding hydrogens is 308 g/mol. The molecule has 0 fully saturated rings. The van der Waals surface area contributed by atoms with Gasteiger partial charge in [-0.3, -0.25) is 0 Å². The van der Waals surface area contributed by atoms with Gasteiger partial charge in [0.25, 0.3) is 0 Å². The summed E-state index contributed by atoms with van der Waals surface area (Å²) in [5, 5.41) is 0. The molecule has 0 aliphatic heterocycles. The Morgan fingerprint density at radius 3 is 2.29 bits per heavy atom. The summed E-state index contributed by atoms with van der Waals surface area (Å²) in [4.78, 5) is 23.3. The van der Waals surface area contributed by atoms with Crippen LogP contribution in [0.2, 0.25) is 0 Å². The van der Waals surface area contributed by atoms with Crippen LogP contribution in [0.25, 0.3) is 6.08 Å². The summed E-state index contributed by atoms with van der Waals surface area (Å²) >= 11 is 0. The Morgan fingerprint density at radius 2 is 1.67 bits per heavy atom. The number of esters is 2. The van der Waals surface area contributed by atoms with Crippen molar-refractivity contribution in [1.82, 2.24) is 0 Å². The van der Waals surface area contributed by atoms with Crippen molar-refractivity contribution < 1.29 is 23.8 Å². The first-order valence-corrected chi connectivity index (χ1v) is 7.44. The van der Waals surface area contributed by atoms with E-state index in [1.54, 1.807) is 54.6 Å². The van der Waals surface area contributed by atoms with E-state index in [4.69, 9.17) is 9.47 Å². The first-order valence-electron chi connectivity index (χ1n) is 7.44. The molecule has 124 valence electrons. The Morgan fingerprint density at radius 1 is 1.00 bits per heavy atom. The molecule has 0 heterocycles. The maximum absolute atomic E-state index is 11.9. The van der Waals surface area contributed by atoms with Crippen molar-refractivity contribution in [3.63, 3.8) is 0 Å². The van der Waals surface area contributed by atoms with Crippen LogP contribution in [0, 0.1) is 0 Å². The average molecular weight is 326 g/mol. The fraction of sp³-hybridized carbons (Fsp3) is 0.158. The van der Waals surface area contributed by atoms with Crippen LogP contribution >= 0.6 is 0 Å². The van der Waals surface area contributed by atoms with E-state index < -0.39 is 11.9 Å². The molecule has 24 heavy (non-hydrogen) atoms. The van der Waals surface area contributed by atoms with Crippen molar-refractivity contribution >= 4 is 18.0 Å². The predicted octanol–water partition coefficient (Wildman–Crippen LogP) is 3.49. The van der Waals surface area contributed by atoms with E-state index in [0.29, 0.717) is 23.7 Å². The van der Waals surface area contributed by atoms with Crippen LogP contribution in [0.4, 0.5) is 0 Å². The van der Waals surface area contributed by atoms with Gasteiger partial charge < -0.3 is 14.2 Å². The monoisotopic (exact) mass is 326 g/mol. The molecule has 0 unspecified atom stereocenters. The standard InChI is InChI=1S/C19H18O5/c1-3-23-16-6-4-5-7-17(16)24-18(20)13-10-14-8-11-15(12-9-14)19(21)22-2/h4-13H,3H2,1-2H3/b13-10+. The molecule has 0 saturated carbocycles. The summed E-state index contributed by atoms with van der Waals surface area (Å²) in [5.41, 5.74) is 1.21. The molecule has 0 aromatic heterocycles. The van der Waals surface area contributed by atoms with Gasteiger partial charge in [-0.15, -0.1) is 0 Å². The number of para-hydroxylation sites is 2. The summed E-state index contributed by atoms with van der Waals surface area (Å²) in [7, 11) is 1.33. The number of hydrogen-bond acceptors (Lipinski definition) is 5. The molecule has 0 bridgehead atoms. The number of benzene rings is 2. The molecular formula is C19H18O5. The second kappa shape index (κ2) is 8.53. The Bertz CT molecular complexity index is 732. The summed E-state index contributed by atoms with van der Waals surface area (Å²) in [5.74, 6) is -0.0316. The van der Waals surface area contributed by atoms with Gasteiger partial charge in [0.05, 0.1) is 19.3 Å². The highest BCUT2D eigenvalue weighted by atomic mass is 16.6. The molecule has 0 N–H and O–H groups in total. The van der Waals surface area contributed by atoms with Crippen LogP contribution in [-0.2, 0) is 9.53 Å². The van der Waals surface area contributed by atoms with E-state index in [9.17, 15) is 9.59 Å². The van der Waals surface area contributed by atoms with Crippen LogP contribution in [0.3, 0.4) is 0 Å². The van der Waals surface area contributed by atoms with Crippen molar-refractivity contribution in [2.24, 2.45) is 0 Å². The van der Waals surface area contributed by atoms with Gasteiger partial charge in [0.15, 0.2) is 11.5 Å². The number of ether oxygens (including phenoxy) is 3. The number of rotatable bonds is 6. The van der Waals surface area contributed by atoms with Crippen LogP contribution < -0.4 is 9.47 Å². The van der Waals surface area contributed by atoms with E-state index in [2.05, 4.69) is 4.74 Å². The molecule has 0 aliphatic rings. The molecule has 5 heteroatoms. The molecule has 2 rings (SSSR count). The van der Waals surface area contributed by atoms with Crippen molar-refractivity contribution in [2.75, 3.05) is 13.7 Å². The van der Waals surface area contributed by atoms with Gasteiger partial charge in [0.1, 0.15) is 0 Å². The van der Waals surface area contributed by atoms with Gasteiger partial charge in [-0.1, -0.05) is 24.3 Å². The normalized spacial score (nSPS) is 10.4. The quantitative estimate of drug-likeness (QED) is 0.462. The Labute approximate surface area is 140 Å². The lowest BCUT2D eigenvalue weighted by Gasteiger charge is -2.08. The van der Waals surface area contributed by atoms with E-state index in [1.807, 2.05) is 6.92 Å². The van der Waals surface area contributed by atoms with Crippen molar-refractivity contribution in [3.8, 4) is 11.5 Å². The van der Waals surface area contributed by atoms with Gasteiger partial charge in [0, 0.05) is 6.08 Å². The van der Waals surface area contributed by atoms with Gasteiger partial charge in [-0.05, 0) is 42.8 Å². The van der Waals surface area contributed by atoms with E-state index in [1.165, 1.54) is 13.2 Å². The maximum atomic E-state index is 11.9. The predicted molar refractivity (Wildman–Crippen MR) is 90.1 cm³/mol. The second-order valence-corrected chi connectivity index (χ2v) is 4.75. The Kier molecular flexibility index (Phi) is 6.14. The minimum atomic E-state index is -0.515. The van der Waals surface area contributed by atoms with Crippen LogP contribution in [0.15, 0.2) is 54.6 Å². The SMILES string of the molecule is CCOc1ccccc1OC(=O)/C=C/c1ccc(C(=O)OC)cc1. The zero-order chi connectivity index (χ0) is 17.4. The molecule has 0 spiro atoms. The largest absolute Gasteiger partial charge is 0.490 e. The third kappa shape index (κ3) is 4.71. The third-order valence-corrected chi connectivity index (χ3v) is 3.10. The molecule has 2 aromatic rings. The molecule has 5 nitrogen and oxygen atoms in total. The highest BCUT2D eigenvalue weighted by molar-refractivity contribution is 5.91. The lowest BCUT2D eigenvalue weighted by Crippen LogP contribution is -2.05. The van der Waals surface area contributed by atoms with E-state index >= 15 is 0 Å². The fourth-order valence-corrected chi connectivity index (χ4v) is 1.96. The summed E-state index contributed by atoms with van der Waals surface area (Å²) < 4.78 is 15.3. The maximum Gasteiger partial charge on any atom is 0.337 e. The van der Waals surface area contributed by atoms with Gasteiger partial charge in [0.2, 0.25) is 0 Å². The zero-order valence-corrected chi connectivity index (χ0v) is 13.5. The van der Waals surface area contributed by atoms with E-state index in [-0.39, 0.29) is 0 Å². The van der Waals surface area contributed by atoms with Crippen LogP contribution in [-0.4, -0.2) is 25.7 Å². The first-order chi connectivity index (χ1) is 11.6. The number of hydrogen-bond donors (Lipinski definition) is 0. The highest BCUT2D eigenvalue weighted by Crippen LogP contribution is 2.26. The summed E-state index contributed by atoms with van der Waals surface area (Å²) in [6, 6.07) is 13.7. The summed E-state index contributed by atoms with van der Waals surface area (Å²) in [6.45, 7) is 2.34. The molecule has 0 saturated heterocycles. The Hall–Kier alpha value is -3.08. The minimum Gasteiger partial charge on any atom is -0.490 e. The van der Waals surface area contributed by atoms with E-state index in [0.717, 1.165) is 5.56 Å². The van der Waals surface area contributed by atoms with Gasteiger partial charge in [-0.2, -0.15) is 0 Å². The Balaban J connectivity index is 2.02. The van der Waals surface area contributed by atoms with Crippen molar-refractivity contribution in [2.45, 2.75) is 6.92 Å². The smallest absolute Gasteiger partial charge is 0.337 e. The lowest BCUT2D eigenvalue weighted by molar-refractivity contribution is -0.129. The zero-order valence-electron chi connectivity index (χ0n) is 13.5. The minimum absolute atomic E-state index is 0.370. The molecule has 0 radical (unpaired) electrons.